The van der Waals surface area contributed by atoms with Gasteiger partial charge >= 0.3 is 0 Å². The predicted octanol–water partition coefficient (Wildman–Crippen LogP) is 1.55. The fourth-order valence-corrected chi connectivity index (χ4v) is 1.98. The standard InChI is InChI=1S/C12H25NO2/c1-4-12(3)7-11(5-6-15-12)13-8-10(2)9-14/h10-11,13-14H,4-9H2,1-3H3. The minimum absolute atomic E-state index is 0.0539. The molecule has 0 aromatic rings. The summed E-state index contributed by atoms with van der Waals surface area (Å²) < 4.78 is 5.79. The van der Waals surface area contributed by atoms with Gasteiger partial charge in [-0.15, -0.1) is 0 Å². The molecule has 1 saturated heterocycles. The monoisotopic (exact) mass is 215 g/mol. The van der Waals surface area contributed by atoms with Crippen molar-refractivity contribution in [1.82, 2.24) is 5.32 Å². The van der Waals surface area contributed by atoms with Gasteiger partial charge in [0.1, 0.15) is 0 Å². The Hall–Kier alpha value is -0.120. The summed E-state index contributed by atoms with van der Waals surface area (Å²) in [4.78, 5) is 0. The molecular formula is C12H25NO2. The van der Waals surface area contributed by atoms with Gasteiger partial charge in [-0.1, -0.05) is 13.8 Å². The third-order valence-electron chi connectivity index (χ3n) is 3.41. The van der Waals surface area contributed by atoms with Crippen LogP contribution >= 0.6 is 0 Å². The fourth-order valence-electron chi connectivity index (χ4n) is 1.98. The van der Waals surface area contributed by atoms with Crippen molar-refractivity contribution in [2.75, 3.05) is 19.8 Å². The lowest BCUT2D eigenvalue weighted by Gasteiger charge is -2.38. The molecule has 0 spiro atoms. The smallest absolute Gasteiger partial charge is 0.0666 e. The number of aliphatic hydroxyl groups excluding tert-OH is 1. The highest BCUT2D eigenvalue weighted by atomic mass is 16.5. The Morgan fingerprint density at radius 2 is 2.33 bits per heavy atom. The molecule has 2 N–H and O–H groups in total. The van der Waals surface area contributed by atoms with Gasteiger partial charge in [0, 0.05) is 25.8 Å². The normalized spacial score (nSPS) is 34.0. The third kappa shape index (κ3) is 4.09. The second-order valence-corrected chi connectivity index (χ2v) is 5.04. The molecule has 1 heterocycles. The van der Waals surface area contributed by atoms with E-state index in [-0.39, 0.29) is 12.2 Å². The van der Waals surface area contributed by atoms with Crippen LogP contribution in [0.25, 0.3) is 0 Å². The van der Waals surface area contributed by atoms with Crippen LogP contribution in [0, 0.1) is 5.92 Å². The summed E-state index contributed by atoms with van der Waals surface area (Å²) in [5, 5.41) is 12.5. The molecule has 3 atom stereocenters. The molecule has 90 valence electrons. The van der Waals surface area contributed by atoms with E-state index in [0.29, 0.717) is 12.0 Å². The van der Waals surface area contributed by atoms with Gasteiger partial charge in [-0.25, -0.2) is 0 Å². The van der Waals surface area contributed by atoms with Crippen LogP contribution in [0.5, 0.6) is 0 Å². The Kier molecular flexibility index (Phi) is 5.03. The quantitative estimate of drug-likeness (QED) is 0.731. The fraction of sp³-hybridized carbons (Fsp3) is 1.00. The highest BCUT2D eigenvalue weighted by molar-refractivity contribution is 4.85. The number of hydrogen-bond acceptors (Lipinski definition) is 3. The number of ether oxygens (including phenoxy) is 1. The van der Waals surface area contributed by atoms with Gasteiger partial charge in [0.25, 0.3) is 0 Å². The predicted molar refractivity (Wildman–Crippen MR) is 61.9 cm³/mol. The zero-order chi connectivity index (χ0) is 11.3. The summed E-state index contributed by atoms with van der Waals surface area (Å²) in [6.45, 7) is 8.46. The molecule has 0 aliphatic carbocycles. The Morgan fingerprint density at radius 3 is 2.93 bits per heavy atom. The molecular weight excluding hydrogens is 190 g/mol. The van der Waals surface area contributed by atoms with E-state index in [2.05, 4.69) is 26.1 Å². The molecule has 0 bridgehead atoms. The van der Waals surface area contributed by atoms with Crippen molar-refractivity contribution in [3.63, 3.8) is 0 Å². The SMILES string of the molecule is CCC1(C)CC(NCC(C)CO)CCO1. The number of rotatable bonds is 5. The molecule has 1 aliphatic rings. The van der Waals surface area contributed by atoms with Crippen LogP contribution in [0.3, 0.4) is 0 Å². The summed E-state index contributed by atoms with van der Waals surface area (Å²) in [7, 11) is 0. The molecule has 0 saturated carbocycles. The molecule has 1 aliphatic heterocycles. The minimum atomic E-state index is 0.0539. The first-order chi connectivity index (χ1) is 7.09. The van der Waals surface area contributed by atoms with E-state index < -0.39 is 0 Å². The maximum Gasteiger partial charge on any atom is 0.0666 e. The second kappa shape index (κ2) is 5.83. The average Bonchev–Trinajstić information content (AvgIpc) is 2.26. The van der Waals surface area contributed by atoms with Crippen LogP contribution in [0.4, 0.5) is 0 Å². The van der Waals surface area contributed by atoms with Crippen LogP contribution in [0.2, 0.25) is 0 Å². The lowest BCUT2D eigenvalue weighted by Crippen LogP contribution is -2.46. The Morgan fingerprint density at radius 1 is 1.60 bits per heavy atom. The molecule has 1 rings (SSSR count). The summed E-state index contributed by atoms with van der Waals surface area (Å²) in [6.07, 6.45) is 3.25. The first-order valence-corrected chi connectivity index (χ1v) is 6.08. The second-order valence-electron chi connectivity index (χ2n) is 5.04. The molecule has 15 heavy (non-hydrogen) atoms. The Bertz CT molecular complexity index is 186. The highest BCUT2D eigenvalue weighted by Gasteiger charge is 2.31. The van der Waals surface area contributed by atoms with E-state index in [1.54, 1.807) is 0 Å². The van der Waals surface area contributed by atoms with E-state index >= 15 is 0 Å². The third-order valence-corrected chi connectivity index (χ3v) is 3.41. The van der Waals surface area contributed by atoms with Crippen LogP contribution in [-0.4, -0.2) is 36.5 Å². The number of aliphatic hydroxyl groups is 1. The Balaban J connectivity index is 2.30. The van der Waals surface area contributed by atoms with Gasteiger partial charge in [-0.3, -0.25) is 0 Å². The summed E-state index contributed by atoms with van der Waals surface area (Å²) in [6, 6.07) is 0.553. The molecule has 0 amide bonds. The number of nitrogens with one attached hydrogen (secondary N) is 1. The zero-order valence-electron chi connectivity index (χ0n) is 10.3. The van der Waals surface area contributed by atoms with E-state index in [0.717, 1.165) is 32.4 Å². The van der Waals surface area contributed by atoms with Crippen molar-refractivity contribution in [2.45, 2.75) is 51.7 Å². The Labute approximate surface area is 93.2 Å². The molecule has 1 fully saturated rings. The maximum absolute atomic E-state index is 8.95. The van der Waals surface area contributed by atoms with Gasteiger partial charge in [-0.2, -0.15) is 0 Å². The number of hydrogen-bond donors (Lipinski definition) is 2. The van der Waals surface area contributed by atoms with Crippen LogP contribution in [0.1, 0.15) is 40.0 Å². The topological polar surface area (TPSA) is 41.5 Å². The molecule has 3 heteroatoms. The minimum Gasteiger partial charge on any atom is -0.396 e. The molecule has 0 aromatic carbocycles. The maximum atomic E-state index is 8.95. The van der Waals surface area contributed by atoms with E-state index in [9.17, 15) is 0 Å². The first kappa shape index (κ1) is 12.9. The average molecular weight is 215 g/mol. The van der Waals surface area contributed by atoms with Gasteiger partial charge < -0.3 is 15.2 Å². The lowest BCUT2D eigenvalue weighted by atomic mass is 9.90. The van der Waals surface area contributed by atoms with Crippen molar-refractivity contribution in [2.24, 2.45) is 5.92 Å². The van der Waals surface area contributed by atoms with Crippen LogP contribution in [-0.2, 0) is 4.74 Å². The molecule has 0 radical (unpaired) electrons. The van der Waals surface area contributed by atoms with Crippen molar-refractivity contribution in [1.29, 1.82) is 0 Å². The van der Waals surface area contributed by atoms with E-state index in [1.165, 1.54) is 0 Å². The van der Waals surface area contributed by atoms with Crippen LogP contribution < -0.4 is 5.32 Å². The molecule has 3 nitrogen and oxygen atoms in total. The highest BCUT2D eigenvalue weighted by Crippen LogP contribution is 2.27. The summed E-state index contributed by atoms with van der Waals surface area (Å²) in [5.41, 5.74) is 0.0539. The molecule has 3 unspecified atom stereocenters. The summed E-state index contributed by atoms with van der Waals surface area (Å²) in [5.74, 6) is 0.348. The largest absolute Gasteiger partial charge is 0.396 e. The van der Waals surface area contributed by atoms with Gasteiger partial charge in [-0.05, 0) is 32.1 Å². The van der Waals surface area contributed by atoms with Crippen molar-refractivity contribution < 1.29 is 9.84 Å². The van der Waals surface area contributed by atoms with Crippen molar-refractivity contribution >= 4 is 0 Å². The summed E-state index contributed by atoms with van der Waals surface area (Å²) >= 11 is 0. The van der Waals surface area contributed by atoms with Gasteiger partial charge in [0.15, 0.2) is 0 Å². The molecule has 0 aromatic heterocycles. The van der Waals surface area contributed by atoms with E-state index in [4.69, 9.17) is 9.84 Å². The van der Waals surface area contributed by atoms with Gasteiger partial charge in [0.2, 0.25) is 0 Å². The van der Waals surface area contributed by atoms with E-state index in [1.807, 2.05) is 0 Å². The zero-order valence-corrected chi connectivity index (χ0v) is 10.3. The first-order valence-electron chi connectivity index (χ1n) is 6.08. The van der Waals surface area contributed by atoms with Gasteiger partial charge in [0.05, 0.1) is 5.60 Å². The van der Waals surface area contributed by atoms with Crippen LogP contribution in [0.15, 0.2) is 0 Å². The lowest BCUT2D eigenvalue weighted by molar-refractivity contribution is -0.0782. The van der Waals surface area contributed by atoms with Crippen molar-refractivity contribution in [3.05, 3.63) is 0 Å². The van der Waals surface area contributed by atoms with Crippen molar-refractivity contribution in [3.8, 4) is 0 Å².